The number of hydrogen-bond donors (Lipinski definition) is 3. The van der Waals surface area contributed by atoms with E-state index in [1.807, 2.05) is 6.92 Å². The first-order valence-corrected chi connectivity index (χ1v) is 7.07. The number of nitrogens with two attached hydrogens (primary N) is 1. The average Bonchev–Trinajstić information content (AvgIpc) is 2.86. The number of nitrogen functional groups attached to an aromatic ring is 1. The lowest BCUT2D eigenvalue weighted by Gasteiger charge is -2.25. The van der Waals surface area contributed by atoms with Crippen LogP contribution in [0, 0.1) is 5.92 Å². The lowest BCUT2D eigenvalue weighted by atomic mass is 10.0. The molecule has 1 fully saturated rings. The molecule has 1 aliphatic rings. The number of amides is 2. The largest absolute Gasteiger partial charge is 0.399 e. The van der Waals surface area contributed by atoms with Crippen molar-refractivity contribution >= 4 is 17.5 Å². The van der Waals surface area contributed by atoms with Gasteiger partial charge < -0.3 is 21.1 Å². The highest BCUT2D eigenvalue weighted by atomic mass is 16.3. The molecular formula is C15H21N3O3. The van der Waals surface area contributed by atoms with Crippen molar-refractivity contribution in [2.45, 2.75) is 19.4 Å². The Labute approximate surface area is 123 Å². The standard InChI is InChI=1S/C15H21N3O3/c1-10-6-7-18(13(10)9-19)14(20)8-17-15(21)11-2-4-12(16)5-3-11/h2-5,10,13,19H,6-9,16H2,1H3,(H,17,21). The summed E-state index contributed by atoms with van der Waals surface area (Å²) < 4.78 is 0. The van der Waals surface area contributed by atoms with Crippen molar-refractivity contribution in [3.63, 3.8) is 0 Å². The number of hydrogen-bond acceptors (Lipinski definition) is 4. The lowest BCUT2D eigenvalue weighted by molar-refractivity contribution is -0.132. The van der Waals surface area contributed by atoms with Gasteiger partial charge in [-0.2, -0.15) is 0 Å². The summed E-state index contributed by atoms with van der Waals surface area (Å²) >= 11 is 0. The topological polar surface area (TPSA) is 95.7 Å². The first-order chi connectivity index (χ1) is 10.0. The van der Waals surface area contributed by atoms with E-state index < -0.39 is 0 Å². The van der Waals surface area contributed by atoms with Gasteiger partial charge in [0.05, 0.1) is 19.2 Å². The van der Waals surface area contributed by atoms with E-state index in [4.69, 9.17) is 5.73 Å². The Morgan fingerprint density at radius 2 is 2.05 bits per heavy atom. The molecule has 6 nitrogen and oxygen atoms in total. The van der Waals surface area contributed by atoms with Gasteiger partial charge in [-0.1, -0.05) is 6.92 Å². The molecule has 114 valence electrons. The van der Waals surface area contributed by atoms with E-state index in [-0.39, 0.29) is 36.9 Å². The number of aliphatic hydroxyl groups excluding tert-OH is 1. The Morgan fingerprint density at radius 3 is 2.67 bits per heavy atom. The zero-order chi connectivity index (χ0) is 15.4. The number of nitrogens with zero attached hydrogens (tertiary/aromatic N) is 1. The number of carbonyl (C=O) groups excluding carboxylic acids is 2. The Hall–Kier alpha value is -2.08. The second-order valence-corrected chi connectivity index (χ2v) is 5.41. The Morgan fingerprint density at radius 1 is 1.38 bits per heavy atom. The molecule has 0 aromatic heterocycles. The Balaban J connectivity index is 1.89. The lowest BCUT2D eigenvalue weighted by Crippen LogP contribution is -2.45. The molecule has 1 heterocycles. The van der Waals surface area contributed by atoms with Crippen LogP contribution < -0.4 is 11.1 Å². The first-order valence-electron chi connectivity index (χ1n) is 7.07. The van der Waals surface area contributed by atoms with E-state index in [1.54, 1.807) is 29.2 Å². The second-order valence-electron chi connectivity index (χ2n) is 5.41. The monoisotopic (exact) mass is 291 g/mol. The van der Waals surface area contributed by atoms with Crippen LogP contribution in [-0.2, 0) is 4.79 Å². The van der Waals surface area contributed by atoms with Crippen molar-refractivity contribution in [2.75, 3.05) is 25.4 Å². The van der Waals surface area contributed by atoms with E-state index in [0.29, 0.717) is 17.8 Å². The van der Waals surface area contributed by atoms with E-state index >= 15 is 0 Å². The highest BCUT2D eigenvalue weighted by Gasteiger charge is 2.33. The van der Waals surface area contributed by atoms with Crippen LogP contribution in [0.2, 0.25) is 0 Å². The number of anilines is 1. The number of benzene rings is 1. The van der Waals surface area contributed by atoms with Crippen LogP contribution in [0.3, 0.4) is 0 Å². The summed E-state index contributed by atoms with van der Waals surface area (Å²) in [4.78, 5) is 25.7. The third-order valence-electron chi connectivity index (χ3n) is 3.96. The molecule has 21 heavy (non-hydrogen) atoms. The molecule has 0 spiro atoms. The normalized spacial score (nSPS) is 21.3. The van der Waals surface area contributed by atoms with Crippen molar-refractivity contribution in [2.24, 2.45) is 5.92 Å². The molecule has 0 saturated carbocycles. The minimum absolute atomic E-state index is 0.0428. The van der Waals surface area contributed by atoms with Crippen LogP contribution in [-0.4, -0.2) is 47.6 Å². The van der Waals surface area contributed by atoms with Crippen molar-refractivity contribution in [3.8, 4) is 0 Å². The van der Waals surface area contributed by atoms with Gasteiger partial charge in [0.25, 0.3) is 5.91 Å². The van der Waals surface area contributed by atoms with Gasteiger partial charge in [-0.05, 0) is 36.6 Å². The molecule has 1 aromatic carbocycles. The van der Waals surface area contributed by atoms with Crippen molar-refractivity contribution in [1.82, 2.24) is 10.2 Å². The molecule has 4 N–H and O–H groups in total. The summed E-state index contributed by atoms with van der Waals surface area (Å²) in [5.41, 5.74) is 6.61. The minimum atomic E-state index is -0.309. The zero-order valence-corrected chi connectivity index (χ0v) is 12.1. The number of nitrogens with one attached hydrogen (secondary N) is 1. The SMILES string of the molecule is CC1CCN(C(=O)CNC(=O)c2ccc(N)cc2)C1CO. The van der Waals surface area contributed by atoms with Crippen molar-refractivity contribution in [3.05, 3.63) is 29.8 Å². The van der Waals surface area contributed by atoms with Crippen molar-refractivity contribution < 1.29 is 14.7 Å². The smallest absolute Gasteiger partial charge is 0.251 e. The minimum Gasteiger partial charge on any atom is -0.399 e. The number of rotatable bonds is 4. The van der Waals surface area contributed by atoms with E-state index in [2.05, 4.69) is 5.32 Å². The molecule has 1 saturated heterocycles. The van der Waals surface area contributed by atoms with E-state index in [1.165, 1.54) is 0 Å². The fraction of sp³-hybridized carbons (Fsp3) is 0.467. The summed E-state index contributed by atoms with van der Waals surface area (Å²) in [5, 5.41) is 11.9. The number of carbonyl (C=O) groups is 2. The van der Waals surface area contributed by atoms with Gasteiger partial charge in [0.15, 0.2) is 0 Å². The molecule has 0 aliphatic carbocycles. The molecule has 2 amide bonds. The second kappa shape index (κ2) is 6.58. The van der Waals surface area contributed by atoms with Gasteiger partial charge in [-0.15, -0.1) is 0 Å². The Bertz CT molecular complexity index is 515. The summed E-state index contributed by atoms with van der Waals surface area (Å²) in [6.07, 6.45) is 0.878. The molecule has 1 aliphatic heterocycles. The van der Waals surface area contributed by atoms with Gasteiger partial charge in [0.1, 0.15) is 0 Å². The predicted octanol–water partition coefficient (Wildman–Crippen LogP) is 0.228. The fourth-order valence-electron chi connectivity index (χ4n) is 2.59. The first kappa shape index (κ1) is 15.3. The maximum atomic E-state index is 12.1. The maximum absolute atomic E-state index is 12.1. The van der Waals surface area contributed by atoms with Gasteiger partial charge in [-0.3, -0.25) is 9.59 Å². The van der Waals surface area contributed by atoms with Gasteiger partial charge in [0, 0.05) is 17.8 Å². The molecule has 1 aromatic rings. The third-order valence-corrected chi connectivity index (χ3v) is 3.96. The summed E-state index contributed by atoms with van der Waals surface area (Å²) in [6, 6.07) is 6.36. The van der Waals surface area contributed by atoms with Crippen molar-refractivity contribution in [1.29, 1.82) is 0 Å². The maximum Gasteiger partial charge on any atom is 0.251 e. The number of likely N-dealkylation sites (tertiary alicyclic amines) is 1. The quantitative estimate of drug-likeness (QED) is 0.692. The summed E-state index contributed by atoms with van der Waals surface area (Å²) in [7, 11) is 0. The van der Waals surface area contributed by atoms with Crippen LogP contribution in [0.1, 0.15) is 23.7 Å². The molecule has 2 rings (SSSR count). The molecule has 2 unspecified atom stereocenters. The molecule has 0 radical (unpaired) electrons. The Kier molecular flexibility index (Phi) is 4.80. The van der Waals surface area contributed by atoms with Crippen LogP contribution >= 0.6 is 0 Å². The van der Waals surface area contributed by atoms with Crippen LogP contribution in [0.25, 0.3) is 0 Å². The highest BCUT2D eigenvalue weighted by Crippen LogP contribution is 2.23. The fourth-order valence-corrected chi connectivity index (χ4v) is 2.59. The molecule has 6 heteroatoms. The molecule has 0 bridgehead atoms. The highest BCUT2D eigenvalue weighted by molar-refractivity contribution is 5.96. The van der Waals surface area contributed by atoms with Gasteiger partial charge in [0.2, 0.25) is 5.91 Å². The van der Waals surface area contributed by atoms with E-state index in [9.17, 15) is 14.7 Å². The van der Waals surface area contributed by atoms with Crippen LogP contribution in [0.15, 0.2) is 24.3 Å². The average molecular weight is 291 g/mol. The van der Waals surface area contributed by atoms with Gasteiger partial charge in [-0.25, -0.2) is 0 Å². The molecular weight excluding hydrogens is 270 g/mol. The predicted molar refractivity (Wildman–Crippen MR) is 79.6 cm³/mol. The van der Waals surface area contributed by atoms with Crippen LogP contribution in [0.5, 0.6) is 0 Å². The summed E-state index contributed by atoms with van der Waals surface area (Å²) in [6.45, 7) is 2.54. The third kappa shape index (κ3) is 3.52. The summed E-state index contributed by atoms with van der Waals surface area (Å²) in [5.74, 6) is -0.190. The zero-order valence-electron chi connectivity index (χ0n) is 12.1. The van der Waals surface area contributed by atoms with Crippen LogP contribution in [0.4, 0.5) is 5.69 Å². The number of aliphatic hydroxyl groups is 1. The van der Waals surface area contributed by atoms with Gasteiger partial charge >= 0.3 is 0 Å². The molecule has 2 atom stereocenters. The van der Waals surface area contributed by atoms with E-state index in [0.717, 1.165) is 6.42 Å².